The van der Waals surface area contributed by atoms with Gasteiger partial charge >= 0.3 is 0 Å². The molecule has 0 amide bonds. The molecule has 0 unspecified atom stereocenters. The van der Waals surface area contributed by atoms with Gasteiger partial charge in [-0.05, 0) is 66.7 Å². The molecule has 0 saturated carbocycles. The van der Waals surface area contributed by atoms with Crippen LogP contribution >= 0.6 is 0 Å². The average Bonchev–Trinajstić information content (AvgIpc) is 3.78. The lowest BCUT2D eigenvalue weighted by molar-refractivity contribution is 0.619. The summed E-state index contributed by atoms with van der Waals surface area (Å²) in [5, 5.41) is 2.03. The van der Waals surface area contributed by atoms with Gasteiger partial charge < -0.3 is 8.83 Å². The lowest BCUT2D eigenvalue weighted by Gasteiger charge is -2.08. The van der Waals surface area contributed by atoms with Crippen molar-refractivity contribution in [3.8, 4) is 40.1 Å². The molecule has 202 valence electrons. The summed E-state index contributed by atoms with van der Waals surface area (Å²) in [5.41, 5.74) is 8.74. The van der Waals surface area contributed by atoms with E-state index in [1.165, 1.54) is 0 Å². The summed E-state index contributed by atoms with van der Waals surface area (Å²) in [6.45, 7) is 0. The van der Waals surface area contributed by atoms with Crippen LogP contribution in [0, 0.1) is 0 Å². The number of nitrogens with zero attached hydrogens (tertiary/aromatic N) is 5. The molecule has 9 aromatic rings. The van der Waals surface area contributed by atoms with Crippen molar-refractivity contribution in [3.63, 3.8) is 0 Å². The first-order chi connectivity index (χ1) is 21.3. The molecule has 9 rings (SSSR count). The van der Waals surface area contributed by atoms with Crippen molar-refractivity contribution in [1.29, 1.82) is 0 Å². The maximum absolute atomic E-state index is 6.13. The Kier molecular flexibility index (Phi) is 5.06. The Balaban J connectivity index is 1.29. The Morgan fingerprint density at radius 1 is 0.488 bits per heavy atom. The smallest absolute Gasteiger partial charge is 0.235 e. The van der Waals surface area contributed by atoms with Gasteiger partial charge in [0.2, 0.25) is 17.7 Å². The second-order valence-electron chi connectivity index (χ2n) is 10.4. The fourth-order valence-corrected chi connectivity index (χ4v) is 5.72. The fraction of sp³-hybridized carbons (Fsp3) is 0. The van der Waals surface area contributed by atoms with Crippen molar-refractivity contribution in [2.45, 2.75) is 0 Å². The topological polar surface area (TPSA) is 82.8 Å². The molecule has 0 fully saturated rings. The molecular formula is C36H21N5O2. The van der Waals surface area contributed by atoms with E-state index < -0.39 is 0 Å². The molecule has 0 aliphatic heterocycles. The summed E-state index contributed by atoms with van der Waals surface area (Å²) in [7, 11) is 0. The van der Waals surface area contributed by atoms with Crippen molar-refractivity contribution in [1.82, 2.24) is 24.5 Å². The molecule has 7 heteroatoms. The summed E-state index contributed by atoms with van der Waals surface area (Å²) < 4.78 is 14.4. The highest BCUT2D eigenvalue weighted by atomic mass is 16.4. The van der Waals surface area contributed by atoms with Crippen LogP contribution in [-0.2, 0) is 0 Å². The van der Waals surface area contributed by atoms with Crippen LogP contribution in [0.5, 0.6) is 0 Å². The third kappa shape index (κ3) is 3.83. The summed E-state index contributed by atoms with van der Waals surface area (Å²) in [6, 6.07) is 40.1. The van der Waals surface area contributed by atoms with Gasteiger partial charge in [-0.1, -0.05) is 54.6 Å². The van der Waals surface area contributed by atoms with E-state index in [1.54, 1.807) is 0 Å². The third-order valence-electron chi connectivity index (χ3n) is 7.76. The largest absolute Gasteiger partial charge is 0.436 e. The second kappa shape index (κ2) is 9.22. The predicted octanol–water partition coefficient (Wildman–Crippen LogP) is 8.86. The molecule has 0 atom stereocenters. The van der Waals surface area contributed by atoms with Crippen LogP contribution in [0.1, 0.15) is 0 Å². The first-order valence-corrected chi connectivity index (χ1v) is 14.0. The minimum atomic E-state index is 0.571. The Labute approximate surface area is 244 Å². The molecule has 0 aliphatic carbocycles. The van der Waals surface area contributed by atoms with E-state index in [9.17, 15) is 0 Å². The molecule has 5 aromatic carbocycles. The van der Waals surface area contributed by atoms with E-state index in [2.05, 4.69) is 41.0 Å². The number of hydrogen-bond acceptors (Lipinski definition) is 6. The van der Waals surface area contributed by atoms with Gasteiger partial charge in [0.15, 0.2) is 11.2 Å². The molecule has 0 bridgehead atoms. The highest BCUT2D eigenvalue weighted by Gasteiger charge is 2.19. The predicted molar refractivity (Wildman–Crippen MR) is 168 cm³/mol. The zero-order chi connectivity index (χ0) is 28.3. The molecule has 0 saturated heterocycles. The molecule has 0 spiro atoms. The van der Waals surface area contributed by atoms with Crippen LogP contribution in [0.15, 0.2) is 136 Å². The van der Waals surface area contributed by atoms with Gasteiger partial charge in [0.05, 0.1) is 16.7 Å². The summed E-state index contributed by atoms with van der Waals surface area (Å²) >= 11 is 0. The van der Waals surface area contributed by atoms with Crippen LogP contribution in [0.25, 0.3) is 84.1 Å². The maximum Gasteiger partial charge on any atom is 0.235 e. The minimum Gasteiger partial charge on any atom is -0.436 e. The van der Waals surface area contributed by atoms with Crippen molar-refractivity contribution < 1.29 is 8.83 Å². The first-order valence-electron chi connectivity index (χ1n) is 14.0. The number of rotatable bonds is 4. The van der Waals surface area contributed by atoms with Gasteiger partial charge in [-0.15, -0.1) is 0 Å². The normalized spacial score (nSPS) is 11.7. The maximum atomic E-state index is 6.13. The third-order valence-corrected chi connectivity index (χ3v) is 7.76. The highest BCUT2D eigenvalue weighted by Crippen LogP contribution is 2.37. The molecule has 4 aromatic heterocycles. The molecule has 4 heterocycles. The van der Waals surface area contributed by atoms with Crippen molar-refractivity contribution in [2.24, 2.45) is 0 Å². The van der Waals surface area contributed by atoms with Gasteiger partial charge in [-0.25, -0.2) is 19.9 Å². The zero-order valence-electron chi connectivity index (χ0n) is 22.7. The first kappa shape index (κ1) is 23.6. The zero-order valence-corrected chi connectivity index (χ0v) is 22.7. The molecule has 0 radical (unpaired) electrons. The molecule has 7 nitrogen and oxygen atoms in total. The van der Waals surface area contributed by atoms with E-state index in [0.717, 1.165) is 66.4 Å². The summed E-state index contributed by atoms with van der Waals surface area (Å²) in [5.74, 6) is 1.73. The molecular weight excluding hydrogens is 534 g/mol. The van der Waals surface area contributed by atoms with Crippen LogP contribution < -0.4 is 0 Å². The van der Waals surface area contributed by atoms with Gasteiger partial charge in [0, 0.05) is 33.7 Å². The van der Waals surface area contributed by atoms with Crippen LogP contribution in [0.3, 0.4) is 0 Å². The summed E-state index contributed by atoms with van der Waals surface area (Å²) in [6.07, 6.45) is 1.81. The number of fused-ring (bicyclic) bond motifs is 5. The van der Waals surface area contributed by atoms with E-state index in [4.69, 9.17) is 28.8 Å². The van der Waals surface area contributed by atoms with E-state index in [0.29, 0.717) is 17.7 Å². The van der Waals surface area contributed by atoms with E-state index in [1.807, 2.05) is 91.1 Å². The quantitative estimate of drug-likeness (QED) is 0.216. The number of benzene rings is 5. The van der Waals surface area contributed by atoms with Gasteiger partial charge in [0.1, 0.15) is 11.0 Å². The van der Waals surface area contributed by atoms with Gasteiger partial charge in [0.25, 0.3) is 0 Å². The minimum absolute atomic E-state index is 0.571. The summed E-state index contributed by atoms with van der Waals surface area (Å²) in [4.78, 5) is 19.2. The number of oxazole rings is 2. The van der Waals surface area contributed by atoms with Crippen molar-refractivity contribution >= 4 is 44.0 Å². The SMILES string of the molecule is c1ccc(-c2ccnc(-n3c4ccc(-c5nc6ccccc6o5)cc4c4cc(-c5nc6ccccc6o5)ccc43)n2)cc1. The van der Waals surface area contributed by atoms with Crippen molar-refractivity contribution in [3.05, 3.63) is 128 Å². The lowest BCUT2D eigenvalue weighted by atomic mass is 10.1. The Morgan fingerprint density at radius 3 is 1.63 bits per heavy atom. The fourth-order valence-electron chi connectivity index (χ4n) is 5.72. The Hall–Kier alpha value is -6.08. The average molecular weight is 556 g/mol. The highest BCUT2D eigenvalue weighted by molar-refractivity contribution is 6.11. The van der Waals surface area contributed by atoms with Crippen molar-refractivity contribution in [2.75, 3.05) is 0 Å². The lowest BCUT2D eigenvalue weighted by Crippen LogP contribution is -2.01. The van der Waals surface area contributed by atoms with Crippen LogP contribution in [0.4, 0.5) is 0 Å². The van der Waals surface area contributed by atoms with E-state index in [-0.39, 0.29) is 0 Å². The van der Waals surface area contributed by atoms with E-state index >= 15 is 0 Å². The van der Waals surface area contributed by atoms with Crippen LogP contribution in [-0.4, -0.2) is 24.5 Å². The van der Waals surface area contributed by atoms with Gasteiger partial charge in [-0.2, -0.15) is 0 Å². The molecule has 0 aliphatic rings. The Bertz CT molecular complexity index is 2270. The number of hydrogen-bond donors (Lipinski definition) is 0. The monoisotopic (exact) mass is 555 g/mol. The molecule has 43 heavy (non-hydrogen) atoms. The van der Waals surface area contributed by atoms with Gasteiger partial charge in [-0.3, -0.25) is 4.57 Å². The Morgan fingerprint density at radius 2 is 1.05 bits per heavy atom. The number of para-hydroxylation sites is 4. The van der Waals surface area contributed by atoms with Crippen LogP contribution in [0.2, 0.25) is 0 Å². The molecule has 0 N–H and O–H groups in total. The second-order valence-corrected chi connectivity index (χ2v) is 10.4. The standard InChI is InChI=1S/C36H21N5O2/c1-2-8-22(9-3-1)27-18-19-37-36(40-27)41-30-16-14-23(34-38-28-10-4-6-12-32(28)42-34)20-25(30)26-21-24(15-17-31(26)41)35-39-29-11-5-7-13-33(29)43-35/h1-21H. The number of aromatic nitrogens is 5.